The smallest absolute Gasteiger partial charge is 0.138 e. The van der Waals surface area contributed by atoms with Gasteiger partial charge in [0.05, 0.1) is 11.0 Å². The van der Waals surface area contributed by atoms with Crippen LogP contribution in [0.2, 0.25) is 0 Å². The molecule has 0 bridgehead atoms. The van der Waals surface area contributed by atoms with Crippen molar-refractivity contribution in [1.29, 1.82) is 0 Å². The lowest BCUT2D eigenvalue weighted by Gasteiger charge is -2.10. The first-order chi connectivity index (χ1) is 8.24. The fourth-order valence-electron chi connectivity index (χ4n) is 1.95. The summed E-state index contributed by atoms with van der Waals surface area (Å²) in [6.45, 7) is 4.83. The third-order valence-electron chi connectivity index (χ3n) is 2.72. The molecule has 1 unspecified atom stereocenters. The van der Waals surface area contributed by atoms with Gasteiger partial charge in [-0.25, -0.2) is 4.98 Å². The maximum absolute atomic E-state index is 9.77. The molecule has 17 heavy (non-hydrogen) atoms. The van der Waals surface area contributed by atoms with E-state index in [1.165, 1.54) is 0 Å². The molecule has 92 valence electrons. The normalized spacial score (nSPS) is 13.1. The first-order valence-electron chi connectivity index (χ1n) is 5.95. The van der Waals surface area contributed by atoms with E-state index in [0.717, 1.165) is 34.9 Å². The number of imidazole rings is 1. The van der Waals surface area contributed by atoms with Gasteiger partial charge in [-0.2, -0.15) is 11.8 Å². The summed E-state index contributed by atoms with van der Waals surface area (Å²) >= 11 is 1.91. The minimum Gasteiger partial charge on any atom is -0.385 e. The van der Waals surface area contributed by atoms with Gasteiger partial charge in [-0.1, -0.05) is 19.1 Å². The van der Waals surface area contributed by atoms with Gasteiger partial charge in [0.1, 0.15) is 11.9 Å². The number of aromatic nitrogens is 2. The Balaban J connectivity index is 2.37. The van der Waals surface area contributed by atoms with Gasteiger partial charge in [-0.15, -0.1) is 0 Å². The zero-order valence-electron chi connectivity index (χ0n) is 10.3. The van der Waals surface area contributed by atoms with Crippen LogP contribution in [-0.2, 0) is 6.54 Å². The highest BCUT2D eigenvalue weighted by Crippen LogP contribution is 2.21. The van der Waals surface area contributed by atoms with E-state index in [4.69, 9.17) is 0 Å². The summed E-state index contributed by atoms with van der Waals surface area (Å²) in [6.07, 6.45) is -0.519. The van der Waals surface area contributed by atoms with E-state index in [2.05, 4.69) is 22.5 Å². The molecule has 0 fully saturated rings. The molecule has 0 saturated carbocycles. The molecule has 1 aromatic carbocycles. The van der Waals surface area contributed by atoms with Gasteiger partial charge in [-0.3, -0.25) is 0 Å². The summed E-state index contributed by atoms with van der Waals surface area (Å²) in [6, 6.07) is 8.04. The number of thioether (sulfide) groups is 1. The lowest BCUT2D eigenvalue weighted by atomic mass is 10.3. The van der Waals surface area contributed by atoms with Crippen molar-refractivity contribution in [3.63, 3.8) is 0 Å². The van der Waals surface area contributed by atoms with Crippen molar-refractivity contribution in [2.75, 3.05) is 11.5 Å². The van der Waals surface area contributed by atoms with Crippen LogP contribution in [0.1, 0.15) is 25.8 Å². The Morgan fingerprint density at radius 3 is 2.88 bits per heavy atom. The molecule has 3 nitrogen and oxygen atoms in total. The van der Waals surface area contributed by atoms with Crippen LogP contribution < -0.4 is 0 Å². The number of fused-ring (bicyclic) bond motifs is 1. The fraction of sp³-hybridized carbons (Fsp3) is 0.462. The molecule has 4 heteroatoms. The fourth-order valence-corrected chi connectivity index (χ4v) is 2.55. The van der Waals surface area contributed by atoms with Crippen LogP contribution in [0.3, 0.4) is 0 Å². The van der Waals surface area contributed by atoms with Gasteiger partial charge in [0, 0.05) is 12.3 Å². The zero-order chi connectivity index (χ0) is 12.3. The predicted octanol–water partition coefficient (Wildman–Crippen LogP) is 2.84. The molecule has 0 aliphatic carbocycles. The van der Waals surface area contributed by atoms with E-state index < -0.39 is 6.10 Å². The summed E-state index contributed by atoms with van der Waals surface area (Å²) in [5, 5.41) is 9.77. The molecule has 1 N–H and O–H groups in total. The predicted molar refractivity (Wildman–Crippen MR) is 73.4 cm³/mol. The minimum atomic E-state index is -0.519. The van der Waals surface area contributed by atoms with E-state index in [9.17, 15) is 5.11 Å². The number of rotatable bonds is 5. The van der Waals surface area contributed by atoms with Gasteiger partial charge >= 0.3 is 0 Å². The maximum atomic E-state index is 9.77. The van der Waals surface area contributed by atoms with Crippen LogP contribution in [0, 0.1) is 0 Å². The van der Waals surface area contributed by atoms with E-state index in [0.29, 0.717) is 0 Å². The van der Waals surface area contributed by atoms with Gasteiger partial charge in [0.15, 0.2) is 0 Å². The lowest BCUT2D eigenvalue weighted by Crippen LogP contribution is -2.08. The quantitative estimate of drug-likeness (QED) is 0.829. The molecule has 2 rings (SSSR count). The Hall–Kier alpha value is -1.00. The number of aryl methyl sites for hydroxylation is 1. The zero-order valence-corrected chi connectivity index (χ0v) is 11.1. The second kappa shape index (κ2) is 5.56. The van der Waals surface area contributed by atoms with Crippen LogP contribution in [0.4, 0.5) is 0 Å². The summed E-state index contributed by atoms with van der Waals surface area (Å²) < 4.78 is 2.13. The van der Waals surface area contributed by atoms with Crippen molar-refractivity contribution in [3.05, 3.63) is 30.1 Å². The minimum absolute atomic E-state index is 0.519. The molecule has 0 aliphatic heterocycles. The molecule has 0 spiro atoms. The number of aliphatic hydroxyl groups excluding tert-OH is 1. The largest absolute Gasteiger partial charge is 0.385 e. The second-order valence-electron chi connectivity index (χ2n) is 3.98. The first-order valence-corrected chi connectivity index (χ1v) is 7.10. The topological polar surface area (TPSA) is 38.0 Å². The van der Waals surface area contributed by atoms with Crippen LogP contribution >= 0.6 is 11.8 Å². The SMILES string of the molecule is CCSCCn1c(C(C)O)nc2ccccc21. The van der Waals surface area contributed by atoms with Crippen molar-refractivity contribution in [1.82, 2.24) is 9.55 Å². The van der Waals surface area contributed by atoms with E-state index in [-0.39, 0.29) is 0 Å². The third kappa shape index (κ3) is 2.64. The van der Waals surface area contributed by atoms with Crippen molar-refractivity contribution < 1.29 is 5.11 Å². The Bertz CT molecular complexity index is 493. The summed E-state index contributed by atoms with van der Waals surface area (Å²) in [4.78, 5) is 4.49. The monoisotopic (exact) mass is 250 g/mol. The van der Waals surface area contributed by atoms with Crippen LogP contribution in [-0.4, -0.2) is 26.2 Å². The number of nitrogens with zero attached hydrogens (tertiary/aromatic N) is 2. The molecule has 0 radical (unpaired) electrons. The Morgan fingerprint density at radius 2 is 2.18 bits per heavy atom. The molecule has 0 amide bonds. The Morgan fingerprint density at radius 1 is 1.41 bits per heavy atom. The van der Waals surface area contributed by atoms with Gasteiger partial charge in [-0.05, 0) is 24.8 Å². The number of hydrogen-bond acceptors (Lipinski definition) is 3. The van der Waals surface area contributed by atoms with E-state index >= 15 is 0 Å². The number of para-hydroxylation sites is 2. The molecule has 1 aromatic heterocycles. The van der Waals surface area contributed by atoms with E-state index in [1.54, 1.807) is 6.92 Å². The summed E-state index contributed by atoms with van der Waals surface area (Å²) in [7, 11) is 0. The first kappa shape index (κ1) is 12.5. The van der Waals surface area contributed by atoms with Crippen molar-refractivity contribution in [2.45, 2.75) is 26.5 Å². The highest BCUT2D eigenvalue weighted by atomic mass is 32.2. The van der Waals surface area contributed by atoms with Gasteiger partial charge in [0.25, 0.3) is 0 Å². The van der Waals surface area contributed by atoms with Crippen molar-refractivity contribution in [3.8, 4) is 0 Å². The average molecular weight is 250 g/mol. The lowest BCUT2D eigenvalue weighted by molar-refractivity contribution is 0.185. The van der Waals surface area contributed by atoms with Crippen LogP contribution in [0.5, 0.6) is 0 Å². The Labute approximate surface area is 106 Å². The molecule has 1 atom stereocenters. The molecular formula is C13H18N2OS. The summed E-state index contributed by atoms with van der Waals surface area (Å²) in [5.74, 6) is 2.94. The van der Waals surface area contributed by atoms with Gasteiger partial charge in [0.2, 0.25) is 0 Å². The molecule has 1 heterocycles. The van der Waals surface area contributed by atoms with E-state index in [1.807, 2.05) is 30.0 Å². The standard InChI is InChI=1S/C13H18N2OS/c1-3-17-9-8-15-12-7-5-4-6-11(12)14-13(15)10(2)16/h4-7,10,16H,3,8-9H2,1-2H3. The number of benzene rings is 1. The number of hydrogen-bond donors (Lipinski definition) is 1. The van der Waals surface area contributed by atoms with Crippen molar-refractivity contribution in [2.24, 2.45) is 0 Å². The average Bonchev–Trinajstić information content (AvgIpc) is 2.69. The maximum Gasteiger partial charge on any atom is 0.138 e. The molecular weight excluding hydrogens is 232 g/mol. The molecule has 0 aliphatic rings. The highest BCUT2D eigenvalue weighted by molar-refractivity contribution is 7.99. The molecule has 0 saturated heterocycles. The summed E-state index contributed by atoms with van der Waals surface area (Å²) in [5.41, 5.74) is 2.07. The number of aliphatic hydroxyl groups is 1. The van der Waals surface area contributed by atoms with Crippen molar-refractivity contribution >= 4 is 22.8 Å². The van der Waals surface area contributed by atoms with Crippen LogP contribution in [0.25, 0.3) is 11.0 Å². The highest BCUT2D eigenvalue weighted by Gasteiger charge is 2.13. The van der Waals surface area contributed by atoms with Crippen LogP contribution in [0.15, 0.2) is 24.3 Å². The van der Waals surface area contributed by atoms with Gasteiger partial charge < -0.3 is 9.67 Å². The molecule has 2 aromatic rings. The third-order valence-corrected chi connectivity index (χ3v) is 3.60. The Kier molecular flexibility index (Phi) is 4.07. The second-order valence-corrected chi connectivity index (χ2v) is 5.38.